The molecule has 0 aromatic heterocycles. The van der Waals surface area contributed by atoms with E-state index in [2.05, 4.69) is 4.74 Å². The summed E-state index contributed by atoms with van der Waals surface area (Å²) >= 11 is 5.97. The maximum absolute atomic E-state index is 11.0. The monoisotopic (exact) mass is 273 g/mol. The number of ether oxygens (including phenoxy) is 1. The second kappa shape index (κ2) is 4.81. The fourth-order valence-corrected chi connectivity index (χ4v) is 2.23. The molecule has 0 radical (unpaired) electrons. The van der Waals surface area contributed by atoms with Gasteiger partial charge in [0, 0.05) is 6.07 Å². The van der Waals surface area contributed by atoms with E-state index in [1.807, 2.05) is 0 Å². The van der Waals surface area contributed by atoms with E-state index in [0.717, 1.165) is 0 Å². The topological polar surface area (TPSA) is 89.7 Å². The summed E-state index contributed by atoms with van der Waals surface area (Å²) in [6.07, 6.45) is -1.52. The molecule has 0 atom stereocenters. The Morgan fingerprint density at radius 3 is 2.50 bits per heavy atom. The van der Waals surface area contributed by atoms with Gasteiger partial charge in [-0.3, -0.25) is 10.1 Å². The van der Waals surface area contributed by atoms with Crippen LogP contribution in [0.5, 0.6) is 0 Å². The van der Waals surface area contributed by atoms with Gasteiger partial charge in [-0.25, -0.2) is 4.79 Å². The van der Waals surface area contributed by atoms with Gasteiger partial charge in [-0.1, -0.05) is 11.6 Å². The number of halogens is 1. The first-order valence-electron chi connectivity index (χ1n) is 5.02. The van der Waals surface area contributed by atoms with E-state index >= 15 is 0 Å². The number of nitro benzene ring substituents is 1. The van der Waals surface area contributed by atoms with Crippen LogP contribution in [0.15, 0.2) is 12.1 Å². The molecule has 0 spiro atoms. The van der Waals surface area contributed by atoms with Gasteiger partial charge in [0.1, 0.15) is 5.60 Å². The third-order valence-corrected chi connectivity index (χ3v) is 2.65. The highest BCUT2D eigenvalue weighted by atomic mass is 35.5. The maximum Gasteiger partial charge on any atom is 0.506 e. The van der Waals surface area contributed by atoms with E-state index in [9.17, 15) is 14.9 Å². The van der Waals surface area contributed by atoms with Crippen molar-refractivity contribution in [1.82, 2.24) is 0 Å². The van der Waals surface area contributed by atoms with E-state index < -0.39 is 16.7 Å². The lowest BCUT2D eigenvalue weighted by Gasteiger charge is -2.24. The molecule has 1 rings (SSSR count). The molecule has 6 nitrogen and oxygen atoms in total. The number of nitro groups is 1. The van der Waals surface area contributed by atoms with Crippen LogP contribution in [0.3, 0.4) is 0 Å². The fraction of sp³-hybridized carbons (Fsp3) is 0.364. The van der Waals surface area contributed by atoms with Crippen LogP contribution in [0.2, 0.25) is 5.02 Å². The molecule has 1 N–H and O–H groups in total. The van der Waals surface area contributed by atoms with Gasteiger partial charge in [0.05, 0.1) is 15.5 Å². The molecule has 0 saturated carbocycles. The highest BCUT2D eigenvalue weighted by molar-refractivity contribution is 6.31. The van der Waals surface area contributed by atoms with Crippen molar-refractivity contribution in [2.45, 2.75) is 26.4 Å². The molecule has 18 heavy (non-hydrogen) atoms. The maximum atomic E-state index is 11.0. The third-order valence-electron chi connectivity index (χ3n) is 2.35. The molecule has 0 aliphatic rings. The summed E-state index contributed by atoms with van der Waals surface area (Å²) in [5, 5.41) is 19.8. The number of carboxylic acid groups (broad SMARTS) is 1. The molecule has 98 valence electrons. The second-order valence-electron chi connectivity index (χ2n) is 4.28. The molecule has 0 amide bonds. The van der Waals surface area contributed by atoms with Crippen molar-refractivity contribution in [2.75, 3.05) is 0 Å². The van der Waals surface area contributed by atoms with Gasteiger partial charge < -0.3 is 9.84 Å². The normalized spacial score (nSPS) is 11.1. The predicted molar refractivity (Wildman–Crippen MR) is 65.0 cm³/mol. The molecule has 7 heteroatoms. The number of carbonyl (C=O) groups is 1. The molecule has 0 bridgehead atoms. The standard InChI is InChI=1S/C11H12ClNO5/c1-6-4-7(12)9(8(5-6)13(16)17)11(2,3)18-10(14)15/h4-5H,1-3H3,(H,14,15). The van der Waals surface area contributed by atoms with Crippen LogP contribution in [-0.4, -0.2) is 16.2 Å². The smallest absolute Gasteiger partial charge is 0.450 e. The molecular weight excluding hydrogens is 262 g/mol. The van der Waals surface area contributed by atoms with E-state index in [1.54, 1.807) is 6.92 Å². The molecule has 1 aromatic carbocycles. The van der Waals surface area contributed by atoms with Crippen LogP contribution >= 0.6 is 11.6 Å². The number of aryl methyl sites for hydroxylation is 1. The van der Waals surface area contributed by atoms with Crippen LogP contribution in [0.25, 0.3) is 0 Å². The SMILES string of the molecule is Cc1cc(Cl)c(C(C)(C)OC(=O)O)c([N+](=O)[O-])c1. The average molecular weight is 274 g/mol. The van der Waals surface area contributed by atoms with Crippen LogP contribution in [0.1, 0.15) is 25.0 Å². The lowest BCUT2D eigenvalue weighted by atomic mass is 9.95. The average Bonchev–Trinajstić information content (AvgIpc) is 2.12. The highest BCUT2D eigenvalue weighted by Gasteiger charge is 2.35. The second-order valence-corrected chi connectivity index (χ2v) is 4.68. The summed E-state index contributed by atoms with van der Waals surface area (Å²) in [7, 11) is 0. The molecule has 0 fully saturated rings. The van der Waals surface area contributed by atoms with Crippen molar-refractivity contribution in [3.8, 4) is 0 Å². The quantitative estimate of drug-likeness (QED) is 0.517. The Bertz CT molecular complexity index is 512. The third kappa shape index (κ3) is 2.89. The first kappa shape index (κ1) is 14.2. The van der Waals surface area contributed by atoms with Gasteiger partial charge in [-0.15, -0.1) is 0 Å². The lowest BCUT2D eigenvalue weighted by molar-refractivity contribution is -0.386. The summed E-state index contributed by atoms with van der Waals surface area (Å²) in [6, 6.07) is 2.85. The van der Waals surface area contributed by atoms with E-state index in [4.69, 9.17) is 16.7 Å². The zero-order valence-corrected chi connectivity index (χ0v) is 10.8. The van der Waals surface area contributed by atoms with Gasteiger partial charge in [-0.05, 0) is 32.4 Å². The van der Waals surface area contributed by atoms with Gasteiger partial charge in [0.25, 0.3) is 5.69 Å². The Morgan fingerprint density at radius 2 is 2.06 bits per heavy atom. The Hall–Kier alpha value is -1.82. The number of benzene rings is 1. The van der Waals surface area contributed by atoms with E-state index in [1.165, 1.54) is 26.0 Å². The Labute approximate surface area is 108 Å². The number of hydrogen-bond donors (Lipinski definition) is 1. The highest BCUT2D eigenvalue weighted by Crippen LogP contribution is 2.38. The fourth-order valence-electron chi connectivity index (χ4n) is 1.73. The first-order chi connectivity index (χ1) is 8.15. The van der Waals surface area contributed by atoms with Gasteiger partial charge in [-0.2, -0.15) is 0 Å². The summed E-state index contributed by atoms with van der Waals surface area (Å²) in [5.41, 5.74) is -1.01. The Kier molecular flexibility index (Phi) is 3.81. The van der Waals surface area contributed by atoms with Crippen LogP contribution in [-0.2, 0) is 10.3 Å². The van der Waals surface area contributed by atoms with E-state index in [0.29, 0.717) is 5.56 Å². The van der Waals surface area contributed by atoms with Crippen molar-refractivity contribution in [3.63, 3.8) is 0 Å². The van der Waals surface area contributed by atoms with Crippen molar-refractivity contribution in [3.05, 3.63) is 38.4 Å². The molecule has 0 heterocycles. The summed E-state index contributed by atoms with van der Waals surface area (Å²) < 4.78 is 4.66. The predicted octanol–water partition coefficient (Wildman–Crippen LogP) is 3.49. The molecular formula is C11H12ClNO5. The van der Waals surface area contributed by atoms with Crippen LogP contribution < -0.4 is 0 Å². The number of rotatable bonds is 3. The van der Waals surface area contributed by atoms with Crippen LogP contribution in [0, 0.1) is 17.0 Å². The van der Waals surface area contributed by atoms with Gasteiger partial charge >= 0.3 is 6.16 Å². The Morgan fingerprint density at radius 1 is 1.50 bits per heavy atom. The van der Waals surface area contributed by atoms with Crippen LogP contribution in [0.4, 0.5) is 10.5 Å². The number of hydrogen-bond acceptors (Lipinski definition) is 4. The minimum atomic E-state index is -1.52. The molecule has 1 aromatic rings. The first-order valence-corrected chi connectivity index (χ1v) is 5.40. The number of nitrogens with zero attached hydrogens (tertiary/aromatic N) is 1. The zero-order chi connectivity index (χ0) is 14.1. The van der Waals surface area contributed by atoms with E-state index in [-0.39, 0.29) is 16.3 Å². The molecule has 0 saturated heterocycles. The van der Waals surface area contributed by atoms with Gasteiger partial charge in [0.15, 0.2) is 0 Å². The minimum Gasteiger partial charge on any atom is -0.450 e. The van der Waals surface area contributed by atoms with Crippen molar-refractivity contribution in [2.24, 2.45) is 0 Å². The summed E-state index contributed by atoms with van der Waals surface area (Å²) in [5.74, 6) is 0. The van der Waals surface area contributed by atoms with Crippen molar-refractivity contribution >= 4 is 23.4 Å². The molecule has 0 unspecified atom stereocenters. The summed E-state index contributed by atoms with van der Waals surface area (Å²) in [6.45, 7) is 4.48. The lowest BCUT2D eigenvalue weighted by Crippen LogP contribution is -2.26. The van der Waals surface area contributed by atoms with Crippen molar-refractivity contribution in [1.29, 1.82) is 0 Å². The largest absolute Gasteiger partial charge is 0.506 e. The van der Waals surface area contributed by atoms with Gasteiger partial charge in [0.2, 0.25) is 0 Å². The Balaban J connectivity index is 3.47. The molecule has 0 aliphatic heterocycles. The summed E-state index contributed by atoms with van der Waals surface area (Å²) in [4.78, 5) is 21.0. The zero-order valence-electron chi connectivity index (χ0n) is 10.1. The molecule has 0 aliphatic carbocycles. The minimum absolute atomic E-state index is 0.0437. The van der Waals surface area contributed by atoms with Crippen molar-refractivity contribution < 1.29 is 19.6 Å².